The van der Waals surface area contributed by atoms with E-state index in [4.69, 9.17) is 43.1 Å². The van der Waals surface area contributed by atoms with E-state index in [0.29, 0.717) is 78.8 Å². The molecule has 89 heavy (non-hydrogen) atoms. The molecule has 0 spiro atoms. The molecule has 0 saturated carbocycles. The van der Waals surface area contributed by atoms with Crippen LogP contribution in [0.25, 0.3) is 44.1 Å². The summed E-state index contributed by atoms with van der Waals surface area (Å²) in [4.78, 5) is 83.0. The Kier molecular flexibility index (Phi) is 23.4. The van der Waals surface area contributed by atoms with E-state index in [9.17, 15) is 24.0 Å². The molecule has 2 aromatic heterocycles. The van der Waals surface area contributed by atoms with Gasteiger partial charge in [-0.2, -0.15) is 0 Å². The number of aromatic nitrogens is 2. The molecule has 4 aromatic carbocycles. The second-order valence-electron chi connectivity index (χ2n) is 24.2. The normalized spacial score (nSPS) is 18.8. The lowest BCUT2D eigenvalue weighted by Gasteiger charge is -2.36. The van der Waals surface area contributed by atoms with Gasteiger partial charge in [0.05, 0.1) is 53.9 Å². The van der Waals surface area contributed by atoms with Gasteiger partial charge in [-0.25, -0.2) is 14.8 Å². The summed E-state index contributed by atoms with van der Waals surface area (Å²) in [6.07, 6.45) is 5.54. The number of carbonyl (C=O) groups is 5. The predicted molar refractivity (Wildman–Crippen MR) is 345 cm³/mol. The van der Waals surface area contributed by atoms with Crippen molar-refractivity contribution < 1.29 is 57.1 Å². The van der Waals surface area contributed by atoms with Gasteiger partial charge in [0.2, 0.25) is 23.6 Å². The first-order chi connectivity index (χ1) is 43.0. The quantitative estimate of drug-likeness (QED) is 0.0538. The fraction of sp³-hybridized carbons (Fsp3) is 0.537. The van der Waals surface area contributed by atoms with E-state index < -0.39 is 35.7 Å². The molecule has 0 unspecified atom stereocenters. The van der Waals surface area contributed by atoms with E-state index in [1.165, 1.54) is 23.3 Å². The minimum absolute atomic E-state index is 0.0263. The molecule has 4 fully saturated rings. The number of likely N-dealkylation sites (tertiary alicyclic amines) is 2. The Morgan fingerprint density at radius 3 is 1.49 bits per heavy atom. The molecule has 22 heteroatoms. The minimum Gasteiger partial charge on any atom is -0.490 e. The van der Waals surface area contributed by atoms with Crippen molar-refractivity contribution in [3.8, 4) is 34.0 Å². The van der Waals surface area contributed by atoms with Crippen LogP contribution in [0, 0.1) is 11.8 Å². The highest BCUT2D eigenvalue weighted by atomic mass is 32.1. The molecule has 4 aliphatic heterocycles. The van der Waals surface area contributed by atoms with Crippen LogP contribution >= 0.6 is 22.7 Å². The Morgan fingerprint density at radius 1 is 0.629 bits per heavy atom. The number of nitrogens with zero attached hydrogens (tertiary/aromatic N) is 5. The molecule has 10 rings (SSSR count). The van der Waals surface area contributed by atoms with Gasteiger partial charge in [-0.1, -0.05) is 60.7 Å². The van der Waals surface area contributed by atoms with Gasteiger partial charge in [-0.15, -0.1) is 22.7 Å². The van der Waals surface area contributed by atoms with E-state index in [1.807, 2.05) is 57.6 Å². The third kappa shape index (κ3) is 16.4. The Bertz CT molecular complexity index is 3360. The standard InChI is InChI=1S/C36H48N4O7S.C31H40N4O5S/c1-23(39(5)35(43)47-36(2,3)4)32(41)38-31(25-15-18-45-19-16-25)34(42)40-17-9-12-28(40)33-37-27(22-48-33)30-26-11-8-7-10-24(26)13-14-29(30)46-21-20-44-6;1-20(32-2)29(36)34-28(22-12-15-39-16-13-22)31(37)35-14-6-9-25(35)30-33-24(19-41-30)27-23-8-5-4-7-21(23)10-11-26(27)40-18-17-38-3/h7-8,10-11,13-14,22-23,25,28,31H,9,12,15-21H2,1-6H3,(H,38,41);4-5,7-8,10-11,19-20,22,25,28,32H,6,9,12-18H2,1-3H3,(H,34,36)/t23-,28-,31-;20-,25-,28-/m00/s1. The van der Waals surface area contributed by atoms with Crippen molar-refractivity contribution in [3.05, 3.63) is 93.6 Å². The molecule has 0 radical (unpaired) electrons. The molecular formula is C67H88N8O12S2. The Labute approximate surface area is 530 Å². The van der Waals surface area contributed by atoms with Crippen LogP contribution in [0.15, 0.2) is 83.6 Å². The summed E-state index contributed by atoms with van der Waals surface area (Å²) in [6, 6.07) is 21.5. The van der Waals surface area contributed by atoms with Gasteiger partial charge in [0.25, 0.3) is 0 Å². The van der Waals surface area contributed by atoms with Crippen LogP contribution in [0.3, 0.4) is 0 Å². The van der Waals surface area contributed by atoms with Gasteiger partial charge in [0, 0.05) is 71.5 Å². The average molecular weight is 1260 g/mol. The molecule has 0 aliphatic carbocycles. The lowest BCUT2D eigenvalue weighted by Crippen LogP contribution is -2.57. The summed E-state index contributed by atoms with van der Waals surface area (Å²) in [6.45, 7) is 14.1. The number of ether oxygens (including phenoxy) is 7. The van der Waals surface area contributed by atoms with Crippen LogP contribution in [0.1, 0.15) is 108 Å². The maximum Gasteiger partial charge on any atom is 0.410 e. The lowest BCUT2D eigenvalue weighted by atomic mass is 9.90. The molecule has 6 atom stereocenters. The zero-order valence-electron chi connectivity index (χ0n) is 52.9. The van der Waals surface area contributed by atoms with E-state index in [1.54, 1.807) is 67.2 Å². The summed E-state index contributed by atoms with van der Waals surface area (Å²) in [5.74, 6) is 0.716. The average Bonchev–Trinajstić information content (AvgIpc) is 2.27. The lowest BCUT2D eigenvalue weighted by molar-refractivity contribution is -0.141. The molecule has 0 bridgehead atoms. The van der Waals surface area contributed by atoms with E-state index in [2.05, 4.69) is 51.7 Å². The number of nitrogens with one attached hydrogen (secondary N) is 3. The van der Waals surface area contributed by atoms with E-state index in [0.717, 1.165) is 104 Å². The van der Waals surface area contributed by atoms with Gasteiger partial charge in [-0.05, 0) is 139 Å². The monoisotopic (exact) mass is 1260 g/mol. The molecule has 6 heterocycles. The second kappa shape index (κ2) is 31.3. The third-order valence-electron chi connectivity index (χ3n) is 17.1. The van der Waals surface area contributed by atoms with Gasteiger partial charge >= 0.3 is 6.09 Å². The van der Waals surface area contributed by atoms with Gasteiger partial charge in [-0.3, -0.25) is 24.1 Å². The number of hydrogen-bond donors (Lipinski definition) is 3. The molecule has 3 N–H and O–H groups in total. The maximum absolute atomic E-state index is 14.4. The summed E-state index contributed by atoms with van der Waals surface area (Å²) < 4.78 is 39.3. The number of benzene rings is 4. The van der Waals surface area contributed by atoms with Crippen molar-refractivity contribution in [2.45, 2.75) is 128 Å². The van der Waals surface area contributed by atoms with Crippen molar-refractivity contribution in [2.24, 2.45) is 11.8 Å². The molecule has 6 aromatic rings. The number of fused-ring (bicyclic) bond motifs is 2. The third-order valence-corrected chi connectivity index (χ3v) is 19.0. The minimum atomic E-state index is -0.841. The number of methoxy groups -OCH3 is 2. The molecule has 5 amide bonds. The van der Waals surface area contributed by atoms with Crippen molar-refractivity contribution in [1.82, 2.24) is 40.6 Å². The number of amides is 5. The number of likely N-dealkylation sites (N-methyl/N-ethyl adjacent to an activating group) is 2. The fourth-order valence-electron chi connectivity index (χ4n) is 12.0. The Balaban J connectivity index is 0.000000214. The van der Waals surface area contributed by atoms with Crippen LogP contribution in [-0.2, 0) is 42.9 Å². The van der Waals surface area contributed by atoms with Gasteiger partial charge in [0.15, 0.2) is 0 Å². The topological polar surface area (TPSA) is 222 Å². The summed E-state index contributed by atoms with van der Waals surface area (Å²) >= 11 is 3.11. The largest absolute Gasteiger partial charge is 0.490 e. The second-order valence-corrected chi connectivity index (χ2v) is 26.0. The SMILES string of the molecule is CN[C@@H](C)C(=O)N[C@H](C(=O)N1CCC[C@H]1c1nc(-c2c(OCCOC)ccc3ccccc23)cs1)C1CCOCC1.COCCOc1ccc2ccccc2c1-c1csc([C@@H]2CCCN2C(=O)[C@@H](NC(=O)[C@H](C)N(C)C(=O)OC(C)(C)C)C2CCOCC2)n1. The van der Waals surface area contributed by atoms with Gasteiger partial charge < -0.3 is 58.9 Å². The zero-order valence-corrected chi connectivity index (χ0v) is 54.5. The maximum atomic E-state index is 14.4. The molecule has 480 valence electrons. The van der Waals surface area contributed by atoms with E-state index in [-0.39, 0.29) is 47.7 Å². The van der Waals surface area contributed by atoms with Crippen LogP contribution in [-0.4, -0.2) is 178 Å². The number of carbonyl (C=O) groups excluding carboxylic acids is 5. The first-order valence-electron chi connectivity index (χ1n) is 31.2. The Morgan fingerprint density at radius 2 is 1.07 bits per heavy atom. The van der Waals surface area contributed by atoms with Gasteiger partial charge in [0.1, 0.15) is 58.5 Å². The highest BCUT2D eigenvalue weighted by molar-refractivity contribution is 7.10. The Hall–Kier alpha value is -6.79. The van der Waals surface area contributed by atoms with Crippen LogP contribution in [0.4, 0.5) is 4.79 Å². The number of thiazole rings is 2. The van der Waals surface area contributed by atoms with Crippen LogP contribution < -0.4 is 25.4 Å². The first-order valence-corrected chi connectivity index (χ1v) is 32.9. The molecular weight excluding hydrogens is 1170 g/mol. The predicted octanol–water partition coefficient (Wildman–Crippen LogP) is 9.99. The molecule has 4 aliphatic rings. The van der Waals surface area contributed by atoms with Crippen molar-refractivity contribution in [2.75, 3.05) is 94.3 Å². The molecule has 20 nitrogen and oxygen atoms in total. The highest BCUT2D eigenvalue weighted by Gasteiger charge is 2.43. The first kappa shape index (κ1) is 66.6. The molecule has 4 saturated heterocycles. The van der Waals surface area contributed by atoms with Crippen LogP contribution in [0.2, 0.25) is 0 Å². The zero-order chi connectivity index (χ0) is 63.2. The number of hydrogen-bond acceptors (Lipinski definition) is 17. The fourth-order valence-corrected chi connectivity index (χ4v) is 13.9. The summed E-state index contributed by atoms with van der Waals surface area (Å²) in [5, 5.41) is 19.2. The summed E-state index contributed by atoms with van der Waals surface area (Å²) in [5.41, 5.74) is 2.80. The van der Waals surface area contributed by atoms with Crippen molar-refractivity contribution in [3.63, 3.8) is 0 Å². The number of rotatable bonds is 22. The highest BCUT2D eigenvalue weighted by Crippen LogP contribution is 2.44. The summed E-state index contributed by atoms with van der Waals surface area (Å²) in [7, 11) is 6.58. The van der Waals surface area contributed by atoms with Crippen LogP contribution in [0.5, 0.6) is 11.5 Å². The van der Waals surface area contributed by atoms with Crippen molar-refractivity contribution >= 4 is 73.9 Å². The van der Waals surface area contributed by atoms with E-state index >= 15 is 0 Å². The van der Waals surface area contributed by atoms with Crippen molar-refractivity contribution in [1.29, 1.82) is 0 Å². The smallest absolute Gasteiger partial charge is 0.410 e.